The van der Waals surface area contributed by atoms with Crippen LogP contribution in [0.3, 0.4) is 0 Å². The normalized spacial score (nSPS) is 15.2. The van der Waals surface area contributed by atoms with Gasteiger partial charge in [-0.3, -0.25) is 0 Å². The number of esters is 1. The van der Waals surface area contributed by atoms with Crippen LogP contribution in [-0.2, 0) is 22.7 Å². The van der Waals surface area contributed by atoms with E-state index < -0.39 is 52.7 Å². The molecule has 0 aliphatic carbocycles. The van der Waals surface area contributed by atoms with Crippen LogP contribution in [0.2, 0.25) is 0 Å². The number of aromatic hydroxyl groups is 8. The molecule has 1 aliphatic heterocycles. The molecule has 3 aromatic rings. The molecule has 0 bridgehead atoms. The van der Waals surface area contributed by atoms with Crippen LogP contribution in [0.1, 0.15) is 130 Å². The van der Waals surface area contributed by atoms with E-state index in [4.69, 9.17) is 9.47 Å². The summed E-state index contributed by atoms with van der Waals surface area (Å²) in [6, 6.07) is 4.17. The molecule has 0 unspecified atom stereocenters. The predicted octanol–water partition coefficient (Wildman–Crippen LogP) is 9.42. The summed E-state index contributed by atoms with van der Waals surface area (Å²) in [4.78, 5) is 13.4. The maximum Gasteiger partial charge on any atom is 0.338 e. The highest BCUT2D eigenvalue weighted by Crippen LogP contribution is 2.52. The minimum atomic E-state index is -1.21. The van der Waals surface area contributed by atoms with Gasteiger partial charge in [-0.1, -0.05) is 78.1 Å². The van der Waals surface area contributed by atoms with Crippen LogP contribution in [0.5, 0.6) is 51.7 Å². The molecule has 13 heteroatoms. The van der Waals surface area contributed by atoms with Crippen LogP contribution in [-0.4, -0.2) is 64.4 Å². The van der Waals surface area contributed by atoms with Crippen molar-refractivity contribution >= 4 is 29.5 Å². The summed E-state index contributed by atoms with van der Waals surface area (Å²) < 4.78 is 12.3. The molecule has 1 aliphatic rings. The zero-order chi connectivity index (χ0) is 38.5. The van der Waals surface area contributed by atoms with E-state index in [0.717, 1.165) is 67.9 Å². The molecule has 0 saturated carbocycles. The lowest BCUT2D eigenvalue weighted by molar-refractivity contribution is -0.0192. The van der Waals surface area contributed by atoms with Crippen molar-refractivity contribution in [2.24, 2.45) is 0 Å². The summed E-state index contributed by atoms with van der Waals surface area (Å²) in [6.45, 7) is 4.36. The van der Waals surface area contributed by atoms with Crippen molar-refractivity contribution < 1.29 is 55.1 Å². The van der Waals surface area contributed by atoms with Crippen molar-refractivity contribution in [3.63, 3.8) is 0 Å². The molecule has 0 radical (unpaired) electrons. The predicted molar refractivity (Wildman–Crippen MR) is 208 cm³/mol. The van der Waals surface area contributed by atoms with E-state index in [1.54, 1.807) is 23.5 Å². The molecule has 11 nitrogen and oxygen atoms in total. The van der Waals surface area contributed by atoms with E-state index in [0.29, 0.717) is 28.2 Å². The first-order valence-electron chi connectivity index (χ1n) is 18.6. The number of unbranched alkanes of at least 4 members (excludes halogenated alkanes) is 10. The number of carbonyl (C=O) groups excluding carboxylic acids is 1. The molecule has 0 saturated heterocycles. The highest BCUT2D eigenvalue weighted by molar-refractivity contribution is 7.98. The maximum atomic E-state index is 13.4. The van der Waals surface area contributed by atoms with E-state index in [2.05, 4.69) is 13.8 Å². The molecule has 8 N–H and O–H groups in total. The fourth-order valence-corrected chi connectivity index (χ4v) is 8.46. The number of ether oxygens (including phenoxy) is 2. The fraction of sp³-hybridized carbons (Fsp3) is 0.525. The van der Waals surface area contributed by atoms with Gasteiger partial charge in [0.15, 0.2) is 40.6 Å². The Bertz CT molecular complexity index is 1630. The molecule has 0 fully saturated rings. The SMILES string of the molecule is CCCCCCCCSCc1c(O)c(CSCCCCCCCC)c2c(c1O)C[C@@H](OC(=O)c1cc(O)c(O)c(O)c1)[C@@H](c1cc(O)c(O)c(O)c1)O2. The summed E-state index contributed by atoms with van der Waals surface area (Å²) >= 11 is 3.25. The summed E-state index contributed by atoms with van der Waals surface area (Å²) in [6.07, 6.45) is 11.2. The number of hydrogen-bond donors (Lipinski definition) is 8. The van der Waals surface area contributed by atoms with Crippen molar-refractivity contribution in [2.45, 2.75) is 121 Å². The summed E-state index contributed by atoms with van der Waals surface area (Å²) in [5.41, 5.74) is 0.980. The molecule has 292 valence electrons. The Kier molecular flexibility index (Phi) is 16.1. The molecular formula is C40H54O11S2. The van der Waals surface area contributed by atoms with Gasteiger partial charge in [-0.25, -0.2) is 4.79 Å². The largest absolute Gasteiger partial charge is 0.507 e. The number of carbonyl (C=O) groups is 1. The number of phenolic OH excluding ortho intramolecular Hbond substituents is 8. The first-order valence-corrected chi connectivity index (χ1v) is 20.9. The highest BCUT2D eigenvalue weighted by atomic mass is 32.2. The van der Waals surface area contributed by atoms with Gasteiger partial charge in [0.1, 0.15) is 23.4 Å². The second-order valence-corrected chi connectivity index (χ2v) is 15.8. The quantitative estimate of drug-likeness (QED) is 0.0290. The lowest BCUT2D eigenvalue weighted by atomic mass is 9.90. The first-order chi connectivity index (χ1) is 25.5. The Morgan fingerprint density at radius 1 is 0.642 bits per heavy atom. The number of rotatable bonds is 21. The van der Waals surface area contributed by atoms with Gasteiger partial charge in [0, 0.05) is 40.2 Å². The van der Waals surface area contributed by atoms with Crippen LogP contribution in [0.4, 0.5) is 0 Å². The van der Waals surface area contributed by atoms with Gasteiger partial charge in [-0.2, -0.15) is 23.5 Å². The molecule has 0 spiro atoms. The van der Waals surface area contributed by atoms with Gasteiger partial charge in [-0.05, 0) is 48.6 Å². The molecule has 0 amide bonds. The summed E-state index contributed by atoms with van der Waals surface area (Å²) in [7, 11) is 0. The number of benzene rings is 3. The summed E-state index contributed by atoms with van der Waals surface area (Å²) in [5.74, 6) is -3.00. The van der Waals surface area contributed by atoms with E-state index in [1.165, 1.54) is 44.9 Å². The Labute approximate surface area is 320 Å². The van der Waals surface area contributed by atoms with Gasteiger partial charge in [0.2, 0.25) is 0 Å². The molecule has 2 atom stereocenters. The highest BCUT2D eigenvalue weighted by Gasteiger charge is 2.40. The molecule has 1 heterocycles. The number of thioether (sulfide) groups is 2. The van der Waals surface area contributed by atoms with Crippen LogP contribution in [0.15, 0.2) is 24.3 Å². The van der Waals surface area contributed by atoms with Crippen molar-refractivity contribution in [1.82, 2.24) is 0 Å². The third-order valence-electron chi connectivity index (χ3n) is 9.44. The zero-order valence-corrected chi connectivity index (χ0v) is 32.2. The maximum absolute atomic E-state index is 13.4. The van der Waals surface area contributed by atoms with Gasteiger partial charge < -0.3 is 50.3 Å². The van der Waals surface area contributed by atoms with Crippen molar-refractivity contribution in [1.29, 1.82) is 0 Å². The van der Waals surface area contributed by atoms with Crippen LogP contribution in [0, 0.1) is 0 Å². The Morgan fingerprint density at radius 3 is 1.64 bits per heavy atom. The minimum absolute atomic E-state index is 0.0761. The smallest absolute Gasteiger partial charge is 0.338 e. The monoisotopic (exact) mass is 774 g/mol. The first kappa shape index (κ1) is 41.8. The van der Waals surface area contributed by atoms with Crippen molar-refractivity contribution in [2.75, 3.05) is 11.5 Å². The molecule has 3 aromatic carbocycles. The van der Waals surface area contributed by atoms with E-state index >= 15 is 0 Å². The van der Waals surface area contributed by atoms with Crippen LogP contribution < -0.4 is 4.74 Å². The molecule has 0 aromatic heterocycles. The number of phenols is 8. The zero-order valence-electron chi connectivity index (χ0n) is 30.6. The van der Waals surface area contributed by atoms with Gasteiger partial charge in [0.25, 0.3) is 0 Å². The van der Waals surface area contributed by atoms with Crippen LogP contribution in [0.25, 0.3) is 0 Å². The Morgan fingerprint density at radius 2 is 1.11 bits per heavy atom. The second kappa shape index (κ2) is 20.5. The van der Waals surface area contributed by atoms with Gasteiger partial charge >= 0.3 is 5.97 Å². The van der Waals surface area contributed by atoms with Crippen molar-refractivity contribution in [3.05, 3.63) is 52.1 Å². The Hall–Kier alpha value is -3.97. The second-order valence-electron chi connectivity index (χ2n) is 13.6. The standard InChI is InChI=1S/C40H54O11S2/c1-3-5-7-9-11-13-15-52-22-27-34(45)26-21-33(50-40(49)25-19-31(43)37(48)32(44)20-25)38(24-17-29(41)36(47)30(42)18-24)51-39(26)28(35(27)46)23-53-16-14-12-10-8-6-4-2/h17-20,33,38,41-48H,3-16,21-23H2,1-2H3/t33-,38-/m1/s1. The minimum Gasteiger partial charge on any atom is -0.507 e. The van der Waals surface area contributed by atoms with Crippen LogP contribution >= 0.6 is 23.5 Å². The lowest BCUT2D eigenvalue weighted by Gasteiger charge is -2.36. The Balaban J connectivity index is 1.68. The van der Waals surface area contributed by atoms with E-state index in [-0.39, 0.29) is 34.8 Å². The third-order valence-corrected chi connectivity index (χ3v) is 11.6. The third kappa shape index (κ3) is 11.0. The molecule has 53 heavy (non-hydrogen) atoms. The summed E-state index contributed by atoms with van der Waals surface area (Å²) in [5, 5.41) is 84.1. The number of fused-ring (bicyclic) bond motifs is 1. The molecular weight excluding hydrogens is 721 g/mol. The van der Waals surface area contributed by atoms with Gasteiger partial charge in [-0.15, -0.1) is 0 Å². The number of hydrogen-bond acceptors (Lipinski definition) is 13. The lowest BCUT2D eigenvalue weighted by Crippen LogP contribution is -2.35. The average Bonchev–Trinajstić information content (AvgIpc) is 3.13. The van der Waals surface area contributed by atoms with E-state index in [9.17, 15) is 45.6 Å². The van der Waals surface area contributed by atoms with E-state index in [1.807, 2.05) is 0 Å². The van der Waals surface area contributed by atoms with Gasteiger partial charge in [0.05, 0.1) is 5.56 Å². The van der Waals surface area contributed by atoms with Crippen molar-refractivity contribution in [3.8, 4) is 51.7 Å². The molecule has 4 rings (SSSR count). The fourth-order valence-electron chi connectivity index (χ4n) is 6.41. The average molecular weight is 775 g/mol. The topological polar surface area (TPSA) is 197 Å².